The lowest BCUT2D eigenvalue weighted by atomic mass is 10.1. The first-order chi connectivity index (χ1) is 13.4. The first kappa shape index (κ1) is 19.9. The molecule has 0 unspecified atom stereocenters. The number of hydrogen-bond acceptors (Lipinski definition) is 6. The van der Waals surface area contributed by atoms with E-state index in [1.54, 1.807) is 24.0 Å². The second-order valence-electron chi connectivity index (χ2n) is 7.08. The maximum atomic E-state index is 12.2. The average molecular weight is 386 g/mol. The molecular formula is C21H26N2O5. The molecule has 1 aromatic heterocycles. The fourth-order valence-electron chi connectivity index (χ4n) is 3.22. The van der Waals surface area contributed by atoms with E-state index in [9.17, 15) is 9.59 Å². The number of aromatic nitrogens is 1. The molecule has 150 valence electrons. The second-order valence-corrected chi connectivity index (χ2v) is 7.08. The van der Waals surface area contributed by atoms with E-state index in [4.69, 9.17) is 14.0 Å². The van der Waals surface area contributed by atoms with Crippen LogP contribution in [-0.4, -0.2) is 41.1 Å². The fraction of sp³-hybridized carbons (Fsp3) is 0.476. The number of hydrogen-bond donors (Lipinski definition) is 0. The molecule has 1 atom stereocenters. The minimum atomic E-state index is -0.747. The van der Waals surface area contributed by atoms with E-state index >= 15 is 0 Å². The Balaban J connectivity index is 1.48. The number of nitrogens with zero attached hydrogens (tertiary/aromatic N) is 2. The summed E-state index contributed by atoms with van der Waals surface area (Å²) in [4.78, 5) is 26.1. The topological polar surface area (TPSA) is 81.9 Å². The predicted molar refractivity (Wildman–Crippen MR) is 102 cm³/mol. The number of carbonyl (C=O) groups excluding carboxylic acids is 2. The Hall–Kier alpha value is -2.83. The van der Waals surface area contributed by atoms with Crippen LogP contribution in [0.3, 0.4) is 0 Å². The van der Waals surface area contributed by atoms with E-state index in [-0.39, 0.29) is 12.3 Å². The third kappa shape index (κ3) is 4.91. The van der Waals surface area contributed by atoms with Gasteiger partial charge in [0.2, 0.25) is 0 Å². The summed E-state index contributed by atoms with van der Waals surface area (Å²) in [7, 11) is 0. The van der Waals surface area contributed by atoms with E-state index < -0.39 is 12.1 Å². The van der Waals surface area contributed by atoms with Gasteiger partial charge in [0.05, 0.1) is 17.7 Å². The minimum absolute atomic E-state index is 0.113. The molecule has 1 aromatic carbocycles. The predicted octanol–water partition coefficient (Wildman–Crippen LogP) is 2.97. The van der Waals surface area contributed by atoms with Crippen LogP contribution in [0.5, 0.6) is 5.75 Å². The molecule has 2 heterocycles. The van der Waals surface area contributed by atoms with Crippen LogP contribution in [0, 0.1) is 13.8 Å². The van der Waals surface area contributed by atoms with Crippen molar-refractivity contribution in [3.8, 4) is 5.75 Å². The van der Waals surface area contributed by atoms with Crippen LogP contribution in [0.15, 0.2) is 28.8 Å². The van der Waals surface area contributed by atoms with Crippen molar-refractivity contribution < 1.29 is 23.6 Å². The van der Waals surface area contributed by atoms with Crippen molar-refractivity contribution in [3.63, 3.8) is 0 Å². The van der Waals surface area contributed by atoms with Crippen molar-refractivity contribution in [3.05, 3.63) is 46.8 Å². The van der Waals surface area contributed by atoms with Gasteiger partial charge in [-0.25, -0.2) is 0 Å². The number of ether oxygens (including phenoxy) is 2. The highest BCUT2D eigenvalue weighted by Gasteiger charge is 2.25. The number of benzene rings is 1. The average Bonchev–Trinajstić information content (AvgIpc) is 3.31. The lowest BCUT2D eigenvalue weighted by molar-refractivity contribution is -0.158. The molecule has 3 rings (SSSR count). The molecule has 7 heteroatoms. The van der Waals surface area contributed by atoms with Crippen LogP contribution in [0.1, 0.15) is 42.3 Å². The van der Waals surface area contributed by atoms with Gasteiger partial charge in [-0.1, -0.05) is 17.3 Å². The highest BCUT2D eigenvalue weighted by Crippen LogP contribution is 2.18. The fourth-order valence-corrected chi connectivity index (χ4v) is 3.22. The third-order valence-electron chi connectivity index (χ3n) is 4.91. The smallest absolute Gasteiger partial charge is 0.311 e. The van der Waals surface area contributed by atoms with Crippen LogP contribution in [0.2, 0.25) is 0 Å². The summed E-state index contributed by atoms with van der Waals surface area (Å²) in [6, 6.07) is 7.24. The lowest BCUT2D eigenvalue weighted by Gasteiger charge is -2.20. The molecule has 0 radical (unpaired) electrons. The summed E-state index contributed by atoms with van der Waals surface area (Å²) in [5.41, 5.74) is 2.55. The van der Waals surface area contributed by atoms with E-state index in [1.807, 2.05) is 26.0 Å². The van der Waals surface area contributed by atoms with Gasteiger partial charge in [0.15, 0.2) is 6.10 Å². The summed E-state index contributed by atoms with van der Waals surface area (Å²) in [6.45, 7) is 7.22. The first-order valence-corrected chi connectivity index (χ1v) is 9.56. The molecule has 1 aliphatic rings. The van der Waals surface area contributed by atoms with Crippen LogP contribution in [0.4, 0.5) is 0 Å². The molecule has 0 spiro atoms. The number of rotatable bonds is 7. The molecule has 28 heavy (non-hydrogen) atoms. The Bertz CT molecular complexity index is 802. The van der Waals surface area contributed by atoms with Crippen molar-refractivity contribution in [2.24, 2.45) is 0 Å². The van der Waals surface area contributed by atoms with Crippen molar-refractivity contribution in [1.82, 2.24) is 10.1 Å². The SMILES string of the molecule is Cc1noc(C)c1COc1ccc(CC(=O)O[C@H](C)C(=O)N2CCCC2)cc1. The van der Waals surface area contributed by atoms with Gasteiger partial charge < -0.3 is 18.9 Å². The number of carbonyl (C=O) groups is 2. The summed E-state index contributed by atoms with van der Waals surface area (Å²) in [5.74, 6) is 0.905. The van der Waals surface area contributed by atoms with Gasteiger partial charge in [0, 0.05) is 13.1 Å². The third-order valence-corrected chi connectivity index (χ3v) is 4.91. The maximum Gasteiger partial charge on any atom is 0.311 e. The maximum absolute atomic E-state index is 12.2. The minimum Gasteiger partial charge on any atom is -0.489 e. The van der Waals surface area contributed by atoms with Crippen molar-refractivity contribution in [2.45, 2.75) is 52.7 Å². The quantitative estimate of drug-likeness (QED) is 0.681. The van der Waals surface area contributed by atoms with E-state index in [2.05, 4.69) is 5.16 Å². The molecule has 0 aliphatic carbocycles. The second kappa shape index (κ2) is 8.91. The number of amides is 1. The number of esters is 1. The first-order valence-electron chi connectivity index (χ1n) is 9.56. The Labute approximate surface area is 164 Å². The van der Waals surface area contributed by atoms with Crippen molar-refractivity contribution in [2.75, 3.05) is 13.1 Å². The van der Waals surface area contributed by atoms with E-state index in [0.29, 0.717) is 12.4 Å². The molecule has 1 aliphatic heterocycles. The normalized spacial score (nSPS) is 14.8. The summed E-state index contributed by atoms with van der Waals surface area (Å²) in [5, 5.41) is 3.90. The number of likely N-dealkylation sites (tertiary alicyclic amines) is 1. The largest absolute Gasteiger partial charge is 0.489 e. The van der Waals surface area contributed by atoms with Crippen molar-refractivity contribution >= 4 is 11.9 Å². The molecule has 2 aromatic rings. The molecular weight excluding hydrogens is 360 g/mol. The van der Waals surface area contributed by atoms with Gasteiger partial charge in [-0.3, -0.25) is 9.59 Å². The zero-order valence-corrected chi connectivity index (χ0v) is 16.6. The van der Waals surface area contributed by atoms with E-state index in [0.717, 1.165) is 48.5 Å². The van der Waals surface area contributed by atoms with Gasteiger partial charge in [-0.15, -0.1) is 0 Å². The Morgan fingerprint density at radius 1 is 1.18 bits per heavy atom. The summed E-state index contributed by atoms with van der Waals surface area (Å²) >= 11 is 0. The molecule has 1 saturated heterocycles. The van der Waals surface area contributed by atoms with Gasteiger partial charge in [-0.2, -0.15) is 0 Å². The zero-order valence-electron chi connectivity index (χ0n) is 16.6. The molecule has 0 N–H and O–H groups in total. The van der Waals surface area contributed by atoms with Crippen LogP contribution in [0.25, 0.3) is 0 Å². The summed E-state index contributed by atoms with van der Waals surface area (Å²) in [6.07, 6.45) is 1.39. The van der Waals surface area contributed by atoms with Crippen molar-refractivity contribution in [1.29, 1.82) is 0 Å². The van der Waals surface area contributed by atoms with Crippen LogP contribution in [-0.2, 0) is 27.4 Å². The monoisotopic (exact) mass is 386 g/mol. The van der Waals surface area contributed by atoms with Crippen LogP contribution < -0.4 is 4.74 Å². The lowest BCUT2D eigenvalue weighted by Crippen LogP contribution is -2.38. The van der Waals surface area contributed by atoms with Crippen LogP contribution >= 0.6 is 0 Å². The molecule has 1 fully saturated rings. The van der Waals surface area contributed by atoms with Gasteiger partial charge in [0.1, 0.15) is 18.1 Å². The highest BCUT2D eigenvalue weighted by atomic mass is 16.5. The highest BCUT2D eigenvalue weighted by molar-refractivity contribution is 5.84. The van der Waals surface area contributed by atoms with Gasteiger partial charge >= 0.3 is 5.97 Å². The number of aryl methyl sites for hydroxylation is 2. The van der Waals surface area contributed by atoms with E-state index in [1.165, 1.54) is 0 Å². The molecule has 0 bridgehead atoms. The zero-order chi connectivity index (χ0) is 20.1. The summed E-state index contributed by atoms with van der Waals surface area (Å²) < 4.78 is 16.2. The Morgan fingerprint density at radius 2 is 1.86 bits per heavy atom. The van der Waals surface area contributed by atoms with Gasteiger partial charge in [-0.05, 0) is 51.3 Å². The molecule has 1 amide bonds. The Morgan fingerprint density at radius 3 is 2.46 bits per heavy atom. The Kier molecular flexibility index (Phi) is 6.34. The molecule has 0 saturated carbocycles. The standard InChI is InChI=1S/C21H26N2O5/c1-14-19(15(2)28-22-14)13-26-18-8-6-17(7-9-18)12-20(24)27-16(3)21(25)23-10-4-5-11-23/h6-9,16H,4-5,10-13H2,1-3H3/t16-/m1/s1. The van der Waals surface area contributed by atoms with Gasteiger partial charge in [0.25, 0.3) is 5.91 Å². The molecule has 7 nitrogen and oxygen atoms in total.